The minimum absolute atomic E-state index is 0.0197. The Morgan fingerprint density at radius 1 is 1.65 bits per heavy atom. The van der Waals surface area contributed by atoms with Crippen molar-refractivity contribution in [3.8, 4) is 0 Å². The van der Waals surface area contributed by atoms with Crippen molar-refractivity contribution < 1.29 is 4.79 Å². The van der Waals surface area contributed by atoms with E-state index in [1.165, 1.54) is 17.8 Å². The van der Waals surface area contributed by atoms with E-state index < -0.39 is 0 Å². The van der Waals surface area contributed by atoms with Crippen molar-refractivity contribution in [3.05, 3.63) is 21.3 Å². The molecule has 0 radical (unpaired) electrons. The predicted molar refractivity (Wildman–Crippen MR) is 71.9 cm³/mol. The van der Waals surface area contributed by atoms with E-state index in [2.05, 4.69) is 17.6 Å². The van der Waals surface area contributed by atoms with Gasteiger partial charge >= 0.3 is 0 Å². The maximum Gasteiger partial charge on any atom is 0.261 e. The number of hydrogen-bond donors (Lipinski definition) is 2. The summed E-state index contributed by atoms with van der Waals surface area (Å²) in [5.74, 6) is -0.0197. The third-order valence-corrected chi connectivity index (χ3v) is 4.39. The summed E-state index contributed by atoms with van der Waals surface area (Å²) in [7, 11) is 0. The minimum Gasteiger partial charge on any atom is -0.351 e. The number of thiophene rings is 1. The molecule has 2 rings (SSSR count). The number of carbonyl (C=O) groups is 1. The second-order valence-corrected chi connectivity index (χ2v) is 6.59. The molecule has 1 atom stereocenters. The SMILES string of the molecule is CC1(CNC(=O)c2ccc(Cl)s2)CCCNC1. The van der Waals surface area contributed by atoms with Gasteiger partial charge < -0.3 is 10.6 Å². The van der Waals surface area contributed by atoms with E-state index in [0.717, 1.165) is 19.5 Å². The second-order valence-electron chi connectivity index (χ2n) is 4.88. The van der Waals surface area contributed by atoms with Crippen molar-refractivity contribution in [2.45, 2.75) is 19.8 Å². The molecule has 94 valence electrons. The van der Waals surface area contributed by atoms with Crippen LogP contribution in [-0.4, -0.2) is 25.5 Å². The van der Waals surface area contributed by atoms with E-state index in [4.69, 9.17) is 11.6 Å². The number of hydrogen-bond acceptors (Lipinski definition) is 3. The van der Waals surface area contributed by atoms with Crippen LogP contribution in [0, 0.1) is 5.41 Å². The number of halogens is 1. The molecule has 2 heterocycles. The van der Waals surface area contributed by atoms with Gasteiger partial charge in [0.25, 0.3) is 5.91 Å². The van der Waals surface area contributed by atoms with Gasteiger partial charge in [0.1, 0.15) is 0 Å². The largest absolute Gasteiger partial charge is 0.351 e. The zero-order chi connectivity index (χ0) is 12.3. The second kappa shape index (κ2) is 5.38. The van der Waals surface area contributed by atoms with Crippen LogP contribution in [0.3, 0.4) is 0 Å². The Balaban J connectivity index is 1.87. The van der Waals surface area contributed by atoms with Crippen LogP contribution in [0.25, 0.3) is 0 Å². The molecule has 1 fully saturated rings. The summed E-state index contributed by atoms with van der Waals surface area (Å²) in [6, 6.07) is 3.52. The van der Waals surface area contributed by atoms with E-state index in [0.29, 0.717) is 15.8 Å². The summed E-state index contributed by atoms with van der Waals surface area (Å²) in [4.78, 5) is 12.5. The molecular formula is C12H17ClN2OS. The normalized spacial score (nSPS) is 24.6. The molecule has 0 spiro atoms. The lowest BCUT2D eigenvalue weighted by molar-refractivity contribution is 0.0929. The minimum atomic E-state index is -0.0197. The average Bonchev–Trinajstić information content (AvgIpc) is 2.74. The molecule has 1 aliphatic rings. The van der Waals surface area contributed by atoms with Crippen LogP contribution in [0.15, 0.2) is 12.1 Å². The highest BCUT2D eigenvalue weighted by atomic mass is 35.5. The van der Waals surface area contributed by atoms with E-state index in [1.807, 2.05) is 0 Å². The van der Waals surface area contributed by atoms with Crippen molar-refractivity contribution in [3.63, 3.8) is 0 Å². The van der Waals surface area contributed by atoms with E-state index >= 15 is 0 Å². The lowest BCUT2D eigenvalue weighted by Crippen LogP contribution is -2.45. The molecule has 5 heteroatoms. The summed E-state index contributed by atoms with van der Waals surface area (Å²) >= 11 is 7.13. The Morgan fingerprint density at radius 2 is 2.47 bits per heavy atom. The smallest absolute Gasteiger partial charge is 0.261 e. The molecule has 1 saturated heterocycles. The first-order valence-electron chi connectivity index (χ1n) is 5.83. The molecule has 17 heavy (non-hydrogen) atoms. The van der Waals surface area contributed by atoms with Crippen molar-refractivity contribution in [1.29, 1.82) is 0 Å². The number of carbonyl (C=O) groups excluding carboxylic acids is 1. The third kappa shape index (κ3) is 3.44. The zero-order valence-corrected chi connectivity index (χ0v) is 11.5. The van der Waals surface area contributed by atoms with Crippen LogP contribution in [0.2, 0.25) is 4.34 Å². The number of nitrogens with one attached hydrogen (secondary N) is 2. The fourth-order valence-electron chi connectivity index (χ4n) is 2.09. The maximum atomic E-state index is 11.9. The van der Waals surface area contributed by atoms with Crippen molar-refractivity contribution >= 4 is 28.8 Å². The summed E-state index contributed by atoms with van der Waals surface area (Å²) in [5.41, 5.74) is 0.176. The first-order chi connectivity index (χ1) is 8.09. The Labute approximate surface area is 111 Å². The van der Waals surface area contributed by atoms with Crippen LogP contribution >= 0.6 is 22.9 Å². The average molecular weight is 273 g/mol. The standard InChI is InChI=1S/C12H17ClN2OS/c1-12(5-2-6-14-7-12)8-15-11(16)9-3-4-10(13)17-9/h3-4,14H,2,5-8H2,1H3,(H,15,16). The number of amides is 1. The van der Waals surface area contributed by atoms with Gasteiger partial charge in [0, 0.05) is 13.1 Å². The molecule has 0 aliphatic carbocycles. The fraction of sp³-hybridized carbons (Fsp3) is 0.583. The van der Waals surface area contributed by atoms with Gasteiger partial charge in [0.05, 0.1) is 9.21 Å². The van der Waals surface area contributed by atoms with E-state index in [9.17, 15) is 4.79 Å². The van der Waals surface area contributed by atoms with Crippen LogP contribution in [0.5, 0.6) is 0 Å². The van der Waals surface area contributed by atoms with E-state index in [-0.39, 0.29) is 11.3 Å². The summed E-state index contributed by atoms with van der Waals surface area (Å²) in [5, 5.41) is 6.37. The van der Waals surface area contributed by atoms with Gasteiger partial charge in [-0.3, -0.25) is 4.79 Å². The van der Waals surface area contributed by atoms with Crippen LogP contribution in [0.4, 0.5) is 0 Å². The highest BCUT2D eigenvalue weighted by Gasteiger charge is 2.27. The molecule has 0 aromatic carbocycles. The Hall–Kier alpha value is -0.580. The zero-order valence-electron chi connectivity index (χ0n) is 9.88. The van der Waals surface area contributed by atoms with Gasteiger partial charge in [-0.05, 0) is 36.9 Å². The Bertz CT molecular complexity index is 399. The molecule has 2 N–H and O–H groups in total. The fourth-order valence-corrected chi connectivity index (χ4v) is 3.05. The van der Waals surface area contributed by atoms with Crippen molar-refractivity contribution in [2.75, 3.05) is 19.6 Å². The topological polar surface area (TPSA) is 41.1 Å². The Kier molecular flexibility index (Phi) is 4.07. The summed E-state index contributed by atoms with van der Waals surface area (Å²) in [6.07, 6.45) is 2.34. The molecule has 1 aliphatic heterocycles. The monoisotopic (exact) mass is 272 g/mol. The van der Waals surface area contributed by atoms with Crippen LogP contribution < -0.4 is 10.6 Å². The molecule has 1 unspecified atom stereocenters. The third-order valence-electron chi connectivity index (χ3n) is 3.16. The maximum absolute atomic E-state index is 11.9. The lowest BCUT2D eigenvalue weighted by Gasteiger charge is -2.34. The van der Waals surface area contributed by atoms with Crippen molar-refractivity contribution in [2.24, 2.45) is 5.41 Å². The summed E-state index contributed by atoms with van der Waals surface area (Å²) in [6.45, 7) is 4.98. The lowest BCUT2D eigenvalue weighted by atomic mass is 9.83. The van der Waals surface area contributed by atoms with Crippen LogP contribution in [0.1, 0.15) is 29.4 Å². The molecule has 1 amide bonds. The van der Waals surface area contributed by atoms with Crippen LogP contribution in [-0.2, 0) is 0 Å². The first kappa shape index (κ1) is 12.9. The molecule has 3 nitrogen and oxygen atoms in total. The Morgan fingerprint density at radius 3 is 3.06 bits per heavy atom. The highest BCUT2D eigenvalue weighted by molar-refractivity contribution is 7.17. The van der Waals surface area contributed by atoms with Gasteiger partial charge in [0.15, 0.2) is 0 Å². The quantitative estimate of drug-likeness (QED) is 0.888. The molecule has 1 aromatic rings. The van der Waals surface area contributed by atoms with Gasteiger partial charge in [0.2, 0.25) is 0 Å². The number of piperidine rings is 1. The van der Waals surface area contributed by atoms with Gasteiger partial charge in [-0.15, -0.1) is 11.3 Å². The van der Waals surface area contributed by atoms with Gasteiger partial charge in [-0.2, -0.15) is 0 Å². The molecule has 0 bridgehead atoms. The first-order valence-corrected chi connectivity index (χ1v) is 7.03. The summed E-state index contributed by atoms with van der Waals surface area (Å²) < 4.78 is 0.653. The van der Waals surface area contributed by atoms with Gasteiger partial charge in [-0.25, -0.2) is 0 Å². The van der Waals surface area contributed by atoms with Crippen molar-refractivity contribution in [1.82, 2.24) is 10.6 Å². The number of rotatable bonds is 3. The molecule has 0 saturated carbocycles. The van der Waals surface area contributed by atoms with Gasteiger partial charge in [-0.1, -0.05) is 18.5 Å². The van der Waals surface area contributed by atoms with E-state index in [1.54, 1.807) is 12.1 Å². The molecule has 1 aromatic heterocycles. The predicted octanol–water partition coefficient (Wildman–Crippen LogP) is 2.52. The molecular weight excluding hydrogens is 256 g/mol. The highest BCUT2D eigenvalue weighted by Crippen LogP contribution is 2.25.